The largest absolute Gasteiger partial charge is 0.288 e. The Kier molecular flexibility index (Phi) is 4.73. The van der Waals surface area contributed by atoms with E-state index in [1.807, 2.05) is 92.0 Å². The van der Waals surface area contributed by atoms with Gasteiger partial charge in [0.2, 0.25) is 0 Å². The Labute approximate surface area is 166 Å². The van der Waals surface area contributed by atoms with Crippen molar-refractivity contribution in [3.8, 4) is 16.9 Å². The lowest BCUT2D eigenvalue weighted by Gasteiger charge is -2.03. The summed E-state index contributed by atoms with van der Waals surface area (Å²) in [6, 6.07) is 25.2. The molecule has 27 heavy (non-hydrogen) atoms. The lowest BCUT2D eigenvalue weighted by molar-refractivity contribution is 0.103. The zero-order valence-corrected chi connectivity index (χ0v) is 16.3. The summed E-state index contributed by atoms with van der Waals surface area (Å²) in [5, 5.41) is 4.74. The maximum Gasteiger partial charge on any atom is 0.196 e. The first-order chi connectivity index (χ1) is 13.1. The summed E-state index contributed by atoms with van der Waals surface area (Å²) in [6.07, 6.45) is 1.82. The third-order valence-electron chi connectivity index (χ3n) is 4.41. The minimum atomic E-state index is -0.0353. The van der Waals surface area contributed by atoms with Crippen LogP contribution in [0.15, 0.2) is 89.5 Å². The van der Waals surface area contributed by atoms with Crippen LogP contribution in [0.25, 0.3) is 16.9 Å². The molecule has 4 rings (SSSR count). The second kappa shape index (κ2) is 7.33. The van der Waals surface area contributed by atoms with Crippen molar-refractivity contribution in [2.24, 2.45) is 0 Å². The highest BCUT2D eigenvalue weighted by Crippen LogP contribution is 2.27. The van der Waals surface area contributed by atoms with Gasteiger partial charge in [-0.05, 0) is 31.2 Å². The van der Waals surface area contributed by atoms with Gasteiger partial charge in [-0.1, -0.05) is 76.1 Å². The van der Waals surface area contributed by atoms with Gasteiger partial charge in [-0.15, -0.1) is 0 Å². The lowest BCUT2D eigenvalue weighted by Crippen LogP contribution is -2.01. The second-order valence-corrected chi connectivity index (χ2v) is 7.29. The molecule has 1 heterocycles. The number of aromatic nitrogens is 2. The van der Waals surface area contributed by atoms with E-state index in [4.69, 9.17) is 5.10 Å². The van der Waals surface area contributed by atoms with Crippen molar-refractivity contribution in [1.29, 1.82) is 0 Å². The van der Waals surface area contributed by atoms with Crippen molar-refractivity contribution in [3.05, 3.63) is 106 Å². The molecule has 0 fully saturated rings. The number of halogens is 1. The maximum absolute atomic E-state index is 13.1. The summed E-state index contributed by atoms with van der Waals surface area (Å²) in [5.74, 6) is -0.0353. The zero-order chi connectivity index (χ0) is 18.8. The van der Waals surface area contributed by atoms with Gasteiger partial charge < -0.3 is 0 Å². The van der Waals surface area contributed by atoms with Gasteiger partial charge in [-0.3, -0.25) is 4.79 Å². The Morgan fingerprint density at radius 2 is 1.56 bits per heavy atom. The maximum atomic E-state index is 13.1. The number of ketones is 1. The molecule has 0 aliphatic rings. The van der Waals surface area contributed by atoms with Crippen LogP contribution in [0.1, 0.15) is 21.5 Å². The first kappa shape index (κ1) is 17.4. The lowest BCUT2D eigenvalue weighted by atomic mass is 10.0. The molecular formula is C23H17BrN2O. The summed E-state index contributed by atoms with van der Waals surface area (Å²) < 4.78 is 2.76. The number of hydrogen-bond acceptors (Lipinski definition) is 2. The van der Waals surface area contributed by atoms with Gasteiger partial charge in [0.25, 0.3) is 0 Å². The highest BCUT2D eigenvalue weighted by Gasteiger charge is 2.19. The number of aryl methyl sites for hydroxylation is 1. The van der Waals surface area contributed by atoms with Crippen molar-refractivity contribution in [3.63, 3.8) is 0 Å². The molecule has 3 aromatic carbocycles. The third kappa shape index (κ3) is 3.62. The number of benzene rings is 3. The van der Waals surface area contributed by atoms with Crippen LogP contribution < -0.4 is 0 Å². The Balaban J connectivity index is 1.86. The van der Waals surface area contributed by atoms with Crippen molar-refractivity contribution < 1.29 is 4.79 Å². The molecule has 0 atom stereocenters. The van der Waals surface area contributed by atoms with Gasteiger partial charge in [-0.2, -0.15) is 5.10 Å². The van der Waals surface area contributed by atoms with Crippen LogP contribution in [-0.2, 0) is 0 Å². The summed E-state index contributed by atoms with van der Waals surface area (Å²) in [4.78, 5) is 13.1. The second-order valence-electron chi connectivity index (χ2n) is 6.37. The summed E-state index contributed by atoms with van der Waals surface area (Å²) in [5.41, 5.74) is 4.93. The molecule has 132 valence electrons. The predicted molar refractivity (Wildman–Crippen MR) is 111 cm³/mol. The van der Waals surface area contributed by atoms with Gasteiger partial charge in [0, 0.05) is 21.8 Å². The predicted octanol–water partition coefficient (Wildman–Crippen LogP) is 5.84. The quantitative estimate of drug-likeness (QED) is 0.391. The molecule has 0 N–H and O–H groups in total. The summed E-state index contributed by atoms with van der Waals surface area (Å²) >= 11 is 3.46. The molecule has 0 aliphatic carbocycles. The van der Waals surface area contributed by atoms with Crippen molar-refractivity contribution in [1.82, 2.24) is 9.78 Å². The minimum Gasteiger partial charge on any atom is -0.288 e. The van der Waals surface area contributed by atoms with Crippen LogP contribution in [0.5, 0.6) is 0 Å². The fourth-order valence-electron chi connectivity index (χ4n) is 2.94. The fourth-order valence-corrected chi connectivity index (χ4v) is 3.20. The van der Waals surface area contributed by atoms with Crippen LogP contribution in [0.3, 0.4) is 0 Å². The van der Waals surface area contributed by atoms with Crippen LogP contribution in [0.2, 0.25) is 0 Å². The fraction of sp³-hybridized carbons (Fsp3) is 0.0435. The highest BCUT2D eigenvalue weighted by molar-refractivity contribution is 9.10. The third-order valence-corrected chi connectivity index (χ3v) is 4.94. The van der Waals surface area contributed by atoms with Gasteiger partial charge in [0.1, 0.15) is 5.69 Å². The summed E-state index contributed by atoms with van der Waals surface area (Å²) in [7, 11) is 0. The molecule has 0 radical (unpaired) electrons. The van der Waals surface area contributed by atoms with Gasteiger partial charge in [0.05, 0.1) is 11.3 Å². The molecule has 1 aromatic heterocycles. The van der Waals surface area contributed by atoms with Crippen molar-refractivity contribution in [2.45, 2.75) is 6.92 Å². The number of carbonyl (C=O) groups is 1. The van der Waals surface area contributed by atoms with Crippen molar-refractivity contribution >= 4 is 21.7 Å². The average Bonchev–Trinajstić information content (AvgIpc) is 3.14. The molecule has 3 nitrogen and oxygen atoms in total. The summed E-state index contributed by atoms with van der Waals surface area (Å²) in [6.45, 7) is 2.05. The molecule has 0 aliphatic heterocycles. The minimum absolute atomic E-state index is 0.0353. The number of nitrogens with zero attached hydrogens (tertiary/aromatic N) is 2. The van der Waals surface area contributed by atoms with Crippen molar-refractivity contribution in [2.75, 3.05) is 0 Å². The average molecular weight is 417 g/mol. The molecule has 0 unspecified atom stereocenters. The number of rotatable bonds is 4. The molecule has 0 saturated carbocycles. The van der Waals surface area contributed by atoms with Crippen LogP contribution in [-0.4, -0.2) is 15.6 Å². The smallest absolute Gasteiger partial charge is 0.196 e. The Morgan fingerprint density at radius 1 is 0.889 bits per heavy atom. The number of hydrogen-bond donors (Lipinski definition) is 0. The van der Waals surface area contributed by atoms with Gasteiger partial charge in [-0.25, -0.2) is 4.68 Å². The van der Waals surface area contributed by atoms with E-state index >= 15 is 0 Å². The highest BCUT2D eigenvalue weighted by atomic mass is 79.9. The van der Waals surface area contributed by atoms with E-state index in [0.717, 1.165) is 15.7 Å². The first-order valence-electron chi connectivity index (χ1n) is 8.64. The van der Waals surface area contributed by atoms with E-state index in [0.29, 0.717) is 16.8 Å². The van der Waals surface area contributed by atoms with E-state index < -0.39 is 0 Å². The van der Waals surface area contributed by atoms with E-state index in [1.54, 1.807) is 4.68 Å². The Hall–Kier alpha value is -2.98. The Morgan fingerprint density at radius 3 is 2.22 bits per heavy atom. The zero-order valence-electron chi connectivity index (χ0n) is 14.8. The number of carbonyl (C=O) groups excluding carboxylic acids is 1. The SMILES string of the molecule is Cc1ccc(-n2cc(C(=O)c3ccccc3)c(-c3ccc(Br)cc3)n2)cc1. The molecule has 4 heteroatoms. The standard InChI is InChI=1S/C23H17BrN2O/c1-16-7-13-20(14-8-16)26-15-21(23(27)18-5-3-2-4-6-18)22(25-26)17-9-11-19(24)12-10-17/h2-15H,1H3. The normalized spacial score (nSPS) is 10.7. The molecule has 0 saturated heterocycles. The molecule has 0 amide bonds. The Bertz CT molecular complexity index is 1080. The molecule has 4 aromatic rings. The van der Waals surface area contributed by atoms with E-state index in [1.165, 1.54) is 5.56 Å². The monoisotopic (exact) mass is 416 g/mol. The van der Waals surface area contributed by atoms with Gasteiger partial charge in [0.15, 0.2) is 5.78 Å². The molecular weight excluding hydrogens is 400 g/mol. The first-order valence-corrected chi connectivity index (χ1v) is 9.43. The topological polar surface area (TPSA) is 34.9 Å². The van der Waals surface area contributed by atoms with Crippen LogP contribution in [0.4, 0.5) is 0 Å². The van der Waals surface area contributed by atoms with Gasteiger partial charge >= 0.3 is 0 Å². The molecule has 0 bridgehead atoms. The van der Waals surface area contributed by atoms with E-state index in [2.05, 4.69) is 15.9 Å². The van der Waals surface area contributed by atoms with E-state index in [9.17, 15) is 4.79 Å². The molecule has 0 spiro atoms. The van der Waals surface area contributed by atoms with Crippen LogP contribution >= 0.6 is 15.9 Å². The van der Waals surface area contributed by atoms with Crippen LogP contribution in [0, 0.1) is 6.92 Å². The van der Waals surface area contributed by atoms with E-state index in [-0.39, 0.29) is 5.78 Å².